The summed E-state index contributed by atoms with van der Waals surface area (Å²) < 4.78 is 24.9. The van der Waals surface area contributed by atoms with Gasteiger partial charge in [0, 0.05) is 4.90 Å². The van der Waals surface area contributed by atoms with Gasteiger partial charge in [-0.25, -0.2) is 4.57 Å². The minimum absolute atomic E-state index is 0.516. The molecule has 0 aliphatic rings. The van der Waals surface area contributed by atoms with Crippen molar-refractivity contribution in [1.82, 2.24) is 0 Å². The van der Waals surface area contributed by atoms with Crippen molar-refractivity contribution >= 4 is 18.2 Å². The van der Waals surface area contributed by atoms with Crippen molar-refractivity contribution in [3.05, 3.63) is 30.3 Å². The van der Waals surface area contributed by atoms with Gasteiger partial charge in [-0.15, -0.1) is 0 Å². The fourth-order valence-electron chi connectivity index (χ4n) is 3.17. The molecule has 0 amide bonds. The summed E-state index contributed by atoms with van der Waals surface area (Å²) in [5.74, 6) is 0. The monoisotopic (exact) mass is 442 g/mol. The minimum atomic E-state index is -3.16. The Morgan fingerprint density at radius 1 is 0.655 bits per heavy atom. The Hall–Kier alpha value is -0.280. The van der Waals surface area contributed by atoms with Crippen molar-refractivity contribution in [1.29, 1.82) is 0 Å². The number of unbranched alkanes of at least 4 members (excludes halogenated alkanes) is 12. The number of hydrogen-bond donors (Lipinski definition) is 0. The highest BCUT2D eigenvalue weighted by Crippen LogP contribution is 2.63. The highest BCUT2D eigenvalue weighted by Gasteiger charge is 2.26. The minimum Gasteiger partial charge on any atom is -0.301 e. The van der Waals surface area contributed by atoms with E-state index in [0.717, 1.165) is 30.6 Å². The predicted octanol–water partition coefficient (Wildman–Crippen LogP) is 9.42. The second kappa shape index (κ2) is 18.5. The van der Waals surface area contributed by atoms with Crippen LogP contribution in [-0.4, -0.2) is 13.2 Å². The zero-order chi connectivity index (χ0) is 21.0. The number of rotatable bonds is 20. The first-order valence-electron chi connectivity index (χ1n) is 11.8. The summed E-state index contributed by atoms with van der Waals surface area (Å²) in [6.45, 7) is 2.35. The van der Waals surface area contributed by atoms with Crippen LogP contribution in [0.4, 0.5) is 0 Å². The average molecular weight is 443 g/mol. The van der Waals surface area contributed by atoms with E-state index in [4.69, 9.17) is 9.05 Å². The van der Waals surface area contributed by atoms with Gasteiger partial charge in [-0.3, -0.25) is 0 Å². The first kappa shape index (κ1) is 26.8. The van der Waals surface area contributed by atoms with E-state index < -0.39 is 6.80 Å². The maximum atomic E-state index is 13.2. The third kappa shape index (κ3) is 15.2. The van der Waals surface area contributed by atoms with E-state index in [9.17, 15) is 4.57 Å². The first-order valence-corrected chi connectivity index (χ1v) is 14.8. The molecule has 0 radical (unpaired) electrons. The van der Waals surface area contributed by atoms with Crippen LogP contribution in [0.3, 0.4) is 0 Å². The highest BCUT2D eigenvalue weighted by atomic mass is 32.7. The van der Waals surface area contributed by atoms with Crippen molar-refractivity contribution in [3.8, 4) is 0 Å². The van der Waals surface area contributed by atoms with Crippen LogP contribution in [0.1, 0.15) is 104 Å². The van der Waals surface area contributed by atoms with Gasteiger partial charge in [0.25, 0.3) is 0 Å². The van der Waals surface area contributed by atoms with Gasteiger partial charge < -0.3 is 9.05 Å². The van der Waals surface area contributed by atoms with Gasteiger partial charge in [0.05, 0.1) is 13.2 Å². The fourth-order valence-corrected chi connectivity index (χ4v) is 6.50. The molecule has 0 spiro atoms. The molecule has 0 fully saturated rings. The van der Waals surface area contributed by atoms with Crippen molar-refractivity contribution in [2.24, 2.45) is 0 Å². The Kier molecular flexibility index (Phi) is 17.1. The van der Waals surface area contributed by atoms with Gasteiger partial charge >= 0.3 is 6.80 Å². The summed E-state index contributed by atoms with van der Waals surface area (Å²) in [5.41, 5.74) is 0. The molecule has 3 nitrogen and oxygen atoms in total. The summed E-state index contributed by atoms with van der Waals surface area (Å²) in [4.78, 5) is 0.940. The Balaban J connectivity index is 2.31. The lowest BCUT2D eigenvalue weighted by Gasteiger charge is -2.18. The van der Waals surface area contributed by atoms with Crippen LogP contribution in [-0.2, 0) is 13.6 Å². The Morgan fingerprint density at radius 2 is 1.07 bits per heavy atom. The molecule has 0 unspecified atom stereocenters. The Labute approximate surface area is 184 Å². The fraction of sp³-hybridized carbons (Fsp3) is 0.750. The van der Waals surface area contributed by atoms with Crippen LogP contribution in [0.15, 0.2) is 35.2 Å². The molecular weight excluding hydrogens is 399 g/mol. The maximum Gasteiger partial charge on any atom is 0.393 e. The topological polar surface area (TPSA) is 35.5 Å². The summed E-state index contributed by atoms with van der Waals surface area (Å²) in [5, 5.41) is 0. The molecule has 0 saturated heterocycles. The molecule has 0 heterocycles. The number of benzene rings is 1. The van der Waals surface area contributed by atoms with Crippen LogP contribution in [0, 0.1) is 0 Å². The van der Waals surface area contributed by atoms with Crippen LogP contribution in [0.5, 0.6) is 0 Å². The molecule has 0 saturated carbocycles. The molecule has 29 heavy (non-hydrogen) atoms. The van der Waals surface area contributed by atoms with Crippen LogP contribution < -0.4 is 0 Å². The predicted molar refractivity (Wildman–Crippen MR) is 128 cm³/mol. The van der Waals surface area contributed by atoms with Crippen LogP contribution >= 0.6 is 18.2 Å². The standard InChI is InChI=1S/C24H43O3PS/c1-3-5-7-9-11-13-18-22-26-28(25,29-24-20-16-15-17-21-24)27-23-19-14-12-10-8-6-4-2/h15-17,20-21H,3-14,18-19,22-23H2,1-2H3. The molecule has 0 aromatic heterocycles. The van der Waals surface area contributed by atoms with E-state index in [2.05, 4.69) is 13.8 Å². The van der Waals surface area contributed by atoms with Gasteiger partial charge in [0.15, 0.2) is 0 Å². The Bertz CT molecular complexity index is 500. The molecule has 0 aliphatic carbocycles. The molecule has 168 valence electrons. The van der Waals surface area contributed by atoms with E-state index in [1.165, 1.54) is 75.6 Å². The summed E-state index contributed by atoms with van der Waals surface area (Å²) in [6, 6.07) is 9.81. The number of hydrogen-bond acceptors (Lipinski definition) is 4. The van der Waals surface area contributed by atoms with E-state index in [-0.39, 0.29) is 0 Å². The summed E-state index contributed by atoms with van der Waals surface area (Å²) in [6.07, 6.45) is 17.1. The lowest BCUT2D eigenvalue weighted by molar-refractivity contribution is 0.212. The summed E-state index contributed by atoms with van der Waals surface area (Å²) in [7, 11) is 0. The first-order chi connectivity index (χ1) is 14.2. The lowest BCUT2D eigenvalue weighted by atomic mass is 10.1. The molecule has 0 N–H and O–H groups in total. The van der Waals surface area contributed by atoms with Gasteiger partial charge in [0.2, 0.25) is 0 Å². The van der Waals surface area contributed by atoms with E-state index in [1.54, 1.807) is 0 Å². The van der Waals surface area contributed by atoms with Gasteiger partial charge in [-0.05, 0) is 36.4 Å². The average Bonchev–Trinajstić information content (AvgIpc) is 2.73. The van der Waals surface area contributed by atoms with Crippen molar-refractivity contribution in [2.75, 3.05) is 13.2 Å². The third-order valence-electron chi connectivity index (χ3n) is 4.96. The SMILES string of the molecule is CCCCCCCCCOP(=O)(OCCCCCCCCC)Sc1ccccc1. The molecule has 5 heteroatoms. The molecule has 1 rings (SSSR count). The van der Waals surface area contributed by atoms with E-state index >= 15 is 0 Å². The van der Waals surface area contributed by atoms with Crippen LogP contribution in [0.2, 0.25) is 0 Å². The Morgan fingerprint density at radius 3 is 1.52 bits per heavy atom. The lowest BCUT2D eigenvalue weighted by Crippen LogP contribution is -1.98. The quantitative estimate of drug-likeness (QED) is 0.149. The molecule has 0 aliphatic heterocycles. The molecular formula is C24H43O3PS. The van der Waals surface area contributed by atoms with Crippen LogP contribution in [0.25, 0.3) is 0 Å². The van der Waals surface area contributed by atoms with Gasteiger partial charge in [-0.2, -0.15) is 0 Å². The molecule has 1 aromatic carbocycles. The van der Waals surface area contributed by atoms with Crippen molar-refractivity contribution < 1.29 is 13.6 Å². The largest absolute Gasteiger partial charge is 0.393 e. The second-order valence-corrected chi connectivity index (χ2v) is 11.7. The van der Waals surface area contributed by atoms with Gasteiger partial charge in [0.1, 0.15) is 0 Å². The summed E-state index contributed by atoms with van der Waals surface area (Å²) >= 11 is 1.25. The zero-order valence-electron chi connectivity index (χ0n) is 18.8. The molecule has 0 atom stereocenters. The maximum absolute atomic E-state index is 13.2. The zero-order valence-corrected chi connectivity index (χ0v) is 20.5. The van der Waals surface area contributed by atoms with E-state index in [1.807, 2.05) is 30.3 Å². The normalized spacial score (nSPS) is 11.8. The van der Waals surface area contributed by atoms with Crippen molar-refractivity contribution in [2.45, 2.75) is 109 Å². The van der Waals surface area contributed by atoms with Gasteiger partial charge in [-0.1, -0.05) is 109 Å². The molecule has 0 bridgehead atoms. The van der Waals surface area contributed by atoms with Crippen molar-refractivity contribution in [3.63, 3.8) is 0 Å². The molecule has 1 aromatic rings. The third-order valence-corrected chi connectivity index (χ3v) is 8.59. The highest BCUT2D eigenvalue weighted by molar-refractivity contribution is 8.55. The smallest absolute Gasteiger partial charge is 0.301 e. The second-order valence-electron chi connectivity index (χ2n) is 7.76. The van der Waals surface area contributed by atoms with E-state index in [0.29, 0.717) is 13.2 Å².